The third kappa shape index (κ3) is 11.3. The highest BCUT2D eigenvalue weighted by Gasteiger charge is 2.45. The van der Waals surface area contributed by atoms with Crippen molar-refractivity contribution < 1.29 is 29.0 Å². The molecule has 3 aromatic carbocycles. The lowest BCUT2D eigenvalue weighted by molar-refractivity contribution is -0.131. The van der Waals surface area contributed by atoms with E-state index in [0.717, 1.165) is 16.5 Å². The minimum absolute atomic E-state index is 0.0557. The smallest absolute Gasteiger partial charge is 0.422 e. The van der Waals surface area contributed by atoms with Gasteiger partial charge < -0.3 is 26.2 Å². The lowest BCUT2D eigenvalue weighted by atomic mass is 9.73. The van der Waals surface area contributed by atoms with Crippen molar-refractivity contribution >= 4 is 34.7 Å². The number of ether oxygens (including phenoxy) is 1. The van der Waals surface area contributed by atoms with Gasteiger partial charge in [0.05, 0.1) is 23.6 Å². The van der Waals surface area contributed by atoms with Crippen LogP contribution in [0.15, 0.2) is 97.1 Å². The minimum Gasteiger partial charge on any atom is -0.443 e. The van der Waals surface area contributed by atoms with E-state index in [0.29, 0.717) is 18.4 Å². The number of nitrogens with one attached hydrogen (secondary N) is 4. The quantitative estimate of drug-likeness (QED) is 0.0951. The molecule has 4 amide bonds. The Morgan fingerprint density at radius 1 is 0.863 bits per heavy atom. The number of aryl methyl sites for hydroxylation is 1. The fourth-order valence-electron chi connectivity index (χ4n) is 5.95. The van der Waals surface area contributed by atoms with Crippen molar-refractivity contribution in [2.45, 2.75) is 76.7 Å². The maximum atomic E-state index is 14.3. The summed E-state index contributed by atoms with van der Waals surface area (Å²) in [4.78, 5) is 56.8. The van der Waals surface area contributed by atoms with Crippen LogP contribution in [0.5, 0.6) is 0 Å². The molecule has 270 valence electrons. The second-order valence-corrected chi connectivity index (χ2v) is 13.7. The molecule has 51 heavy (non-hydrogen) atoms. The molecule has 0 fully saturated rings. The monoisotopic (exact) mass is 696 g/mol. The van der Waals surface area contributed by atoms with Gasteiger partial charge in [0.2, 0.25) is 11.8 Å². The van der Waals surface area contributed by atoms with Crippen LogP contribution in [0, 0.1) is 5.92 Å². The van der Waals surface area contributed by atoms with Gasteiger partial charge in [0.15, 0.2) is 0 Å². The Labute approximate surface area is 298 Å². The second-order valence-electron chi connectivity index (χ2n) is 13.7. The maximum Gasteiger partial charge on any atom is 0.422 e. The topological polar surface area (TPSA) is 185 Å². The van der Waals surface area contributed by atoms with Crippen LogP contribution >= 0.6 is 0 Å². The third-order valence-corrected chi connectivity index (χ3v) is 8.62. The van der Waals surface area contributed by atoms with Gasteiger partial charge in [0, 0.05) is 11.9 Å². The van der Waals surface area contributed by atoms with Gasteiger partial charge in [-0.25, -0.2) is 15.2 Å². The van der Waals surface area contributed by atoms with Gasteiger partial charge in [-0.2, -0.15) is 0 Å². The van der Waals surface area contributed by atoms with Crippen molar-refractivity contribution in [1.29, 1.82) is 0 Å². The van der Waals surface area contributed by atoms with Gasteiger partial charge in [-0.3, -0.25) is 19.8 Å². The third-order valence-electron chi connectivity index (χ3n) is 8.62. The number of amides is 4. The Morgan fingerprint density at radius 3 is 2.14 bits per heavy atom. The zero-order chi connectivity index (χ0) is 37.0. The molecule has 4 atom stereocenters. The molecule has 0 aliphatic carbocycles. The van der Waals surface area contributed by atoms with Crippen molar-refractivity contribution in [3.8, 4) is 0 Å². The molecule has 0 radical (unpaired) electrons. The Morgan fingerprint density at radius 2 is 1.49 bits per heavy atom. The van der Waals surface area contributed by atoms with Crippen molar-refractivity contribution in [3.63, 3.8) is 0 Å². The normalized spacial score (nSPS) is 14.4. The van der Waals surface area contributed by atoms with Crippen LogP contribution in [0.2, 0.25) is 0 Å². The summed E-state index contributed by atoms with van der Waals surface area (Å²) in [5, 5.41) is 18.6. The highest BCUT2D eigenvalue weighted by molar-refractivity contribution is 5.99. The molecule has 7 N–H and O–H groups in total. The molecular formula is C39H48N6O6. The van der Waals surface area contributed by atoms with Crippen LogP contribution in [0.1, 0.15) is 62.2 Å². The number of primary amides is 1. The number of hydrogen-bond acceptors (Lipinski definition) is 8. The second kappa shape index (κ2) is 17.6. The van der Waals surface area contributed by atoms with E-state index >= 15 is 0 Å². The number of hydrazine groups is 1. The molecular weight excluding hydrogens is 648 g/mol. The molecule has 12 heteroatoms. The summed E-state index contributed by atoms with van der Waals surface area (Å²) >= 11 is 0. The number of carbonyl (C=O) groups excluding carboxylic acids is 4. The number of para-hydroxylation sites is 1. The van der Waals surface area contributed by atoms with E-state index in [1.165, 1.54) is 6.07 Å². The van der Waals surface area contributed by atoms with E-state index in [2.05, 4.69) is 26.5 Å². The molecule has 4 aromatic rings. The summed E-state index contributed by atoms with van der Waals surface area (Å²) in [6.07, 6.45) is -1.18. The summed E-state index contributed by atoms with van der Waals surface area (Å²) < 4.78 is 5.31. The van der Waals surface area contributed by atoms with Gasteiger partial charge in [-0.15, -0.1) is 0 Å². The van der Waals surface area contributed by atoms with Crippen molar-refractivity contribution in [2.75, 3.05) is 6.54 Å². The van der Waals surface area contributed by atoms with Crippen LogP contribution in [0.3, 0.4) is 0 Å². The van der Waals surface area contributed by atoms with Gasteiger partial charge in [-0.05, 0) is 69.2 Å². The fraction of sp³-hybridized carbons (Fsp3) is 0.359. The zero-order valence-corrected chi connectivity index (χ0v) is 29.5. The van der Waals surface area contributed by atoms with Crippen LogP contribution in [-0.4, -0.2) is 63.7 Å². The first-order valence-corrected chi connectivity index (χ1v) is 17.0. The first-order chi connectivity index (χ1) is 24.3. The predicted octanol–water partition coefficient (Wildman–Crippen LogP) is 3.97. The standard InChI is InChI=1S/C39H48N6O6/c1-26(19-20-27-13-7-5-8-14-27)39(24-28-15-9-6-10-16-28,33(46)25-41-45-37(50)51-38(2,3)4)44-36(49)32(23-34(40)47)43-35(48)31-22-21-29-17-11-12-18-30(29)42-31/h5-18,21-22,26,32-33,41,46H,19-20,23-25H2,1-4H3,(H2,40,47)(H,43,48)(H,44,49)(H,45,50)/t26?,32-,33+,39+/m0/s1. The van der Waals surface area contributed by atoms with Crippen molar-refractivity contribution in [2.24, 2.45) is 11.7 Å². The van der Waals surface area contributed by atoms with E-state index in [9.17, 15) is 24.3 Å². The molecule has 1 aromatic heterocycles. The van der Waals surface area contributed by atoms with Crippen molar-refractivity contribution in [3.05, 3.63) is 114 Å². The molecule has 0 aliphatic rings. The fourth-order valence-corrected chi connectivity index (χ4v) is 5.95. The number of benzene rings is 3. The van der Waals surface area contributed by atoms with Crippen LogP contribution in [0.4, 0.5) is 4.79 Å². The number of nitrogens with zero attached hydrogens (tertiary/aromatic N) is 1. The van der Waals surface area contributed by atoms with Crippen LogP contribution in [-0.2, 0) is 27.2 Å². The lowest BCUT2D eigenvalue weighted by Crippen LogP contribution is -2.67. The van der Waals surface area contributed by atoms with Crippen molar-refractivity contribution in [1.82, 2.24) is 26.5 Å². The average Bonchev–Trinajstić information content (AvgIpc) is 3.09. The first-order valence-electron chi connectivity index (χ1n) is 17.0. The number of fused-ring (bicyclic) bond motifs is 1. The van der Waals surface area contributed by atoms with E-state index in [1.807, 2.05) is 79.7 Å². The molecule has 0 aliphatic heterocycles. The lowest BCUT2D eigenvalue weighted by Gasteiger charge is -2.45. The van der Waals surface area contributed by atoms with Crippen LogP contribution < -0.4 is 27.2 Å². The summed E-state index contributed by atoms with van der Waals surface area (Å²) in [6, 6.07) is 28.4. The number of pyridine rings is 1. The molecule has 1 heterocycles. The van der Waals surface area contributed by atoms with E-state index in [1.54, 1.807) is 39.0 Å². The Hall–Kier alpha value is -5.33. The minimum atomic E-state index is -1.39. The van der Waals surface area contributed by atoms with E-state index in [-0.39, 0.29) is 24.6 Å². The molecule has 4 rings (SSSR count). The van der Waals surface area contributed by atoms with Crippen LogP contribution in [0.25, 0.3) is 10.9 Å². The first kappa shape index (κ1) is 38.5. The summed E-state index contributed by atoms with van der Waals surface area (Å²) in [6.45, 7) is 6.93. The van der Waals surface area contributed by atoms with Gasteiger partial charge in [0.1, 0.15) is 17.3 Å². The van der Waals surface area contributed by atoms with Gasteiger partial charge in [-0.1, -0.05) is 91.9 Å². The zero-order valence-electron chi connectivity index (χ0n) is 29.5. The highest BCUT2D eigenvalue weighted by Crippen LogP contribution is 2.31. The molecule has 0 saturated heterocycles. The molecule has 12 nitrogen and oxygen atoms in total. The number of aliphatic hydroxyl groups excluding tert-OH is 1. The summed E-state index contributed by atoms with van der Waals surface area (Å²) in [5.41, 5.74) is 11.2. The number of aromatic nitrogens is 1. The molecule has 0 bridgehead atoms. The van der Waals surface area contributed by atoms with E-state index < -0.39 is 53.5 Å². The summed E-state index contributed by atoms with van der Waals surface area (Å²) in [7, 11) is 0. The van der Waals surface area contributed by atoms with Gasteiger partial charge in [0.25, 0.3) is 5.91 Å². The Bertz CT molecular complexity index is 1780. The SMILES string of the molecule is CC(CCc1ccccc1)[C@@](Cc1ccccc1)(NC(=O)[C@H](CC(N)=O)NC(=O)c1ccc2ccccc2n1)[C@H](O)CNNC(=O)OC(C)(C)C. The predicted molar refractivity (Wildman–Crippen MR) is 195 cm³/mol. The number of aliphatic hydroxyl groups is 1. The maximum absolute atomic E-state index is 14.3. The number of carbonyl (C=O) groups is 4. The Kier molecular flexibility index (Phi) is 13.2. The Balaban J connectivity index is 1.67. The highest BCUT2D eigenvalue weighted by atomic mass is 16.6. The van der Waals surface area contributed by atoms with E-state index in [4.69, 9.17) is 10.5 Å². The largest absolute Gasteiger partial charge is 0.443 e. The number of nitrogens with two attached hydrogens (primary N) is 1. The molecule has 1 unspecified atom stereocenters. The molecule has 0 saturated carbocycles. The molecule has 0 spiro atoms. The number of rotatable bonds is 16. The number of hydrogen-bond donors (Lipinski definition) is 6. The summed E-state index contributed by atoms with van der Waals surface area (Å²) in [5.74, 6) is -2.58. The average molecular weight is 697 g/mol. The van der Waals surface area contributed by atoms with Gasteiger partial charge >= 0.3 is 6.09 Å².